The molecule has 0 aliphatic heterocycles. The first-order valence-electron chi connectivity index (χ1n) is 4.67. The molecule has 0 saturated heterocycles. The van der Waals surface area contributed by atoms with Crippen LogP contribution in [-0.4, -0.2) is 60.4 Å². The fourth-order valence-corrected chi connectivity index (χ4v) is 1.16. The van der Waals surface area contributed by atoms with E-state index < -0.39 is 31.0 Å². The Bertz CT molecular complexity index is 310. The zero-order valence-corrected chi connectivity index (χ0v) is 8.38. The minimum absolute atomic E-state index is 0.0687. The molecule has 1 rings (SSSR count). The van der Waals surface area contributed by atoms with Crippen LogP contribution in [0.2, 0.25) is 0 Å². The second-order valence-corrected chi connectivity index (χ2v) is 3.31. The number of nitrogens with zero attached hydrogens (tertiary/aromatic N) is 2. The molecular formula is C9H14N2O5. The highest BCUT2D eigenvalue weighted by molar-refractivity contribution is 5.03. The Morgan fingerprint density at radius 1 is 1.06 bits per heavy atom. The molecule has 1 aromatic rings. The van der Waals surface area contributed by atoms with E-state index in [9.17, 15) is 15.3 Å². The van der Waals surface area contributed by atoms with Crippen molar-refractivity contribution in [1.29, 1.82) is 0 Å². The molecule has 0 spiro atoms. The summed E-state index contributed by atoms with van der Waals surface area (Å²) >= 11 is 0. The van der Waals surface area contributed by atoms with E-state index in [0.29, 0.717) is 0 Å². The van der Waals surface area contributed by atoms with E-state index in [1.54, 1.807) is 0 Å². The zero-order valence-electron chi connectivity index (χ0n) is 8.38. The number of aliphatic hydroxyl groups is 5. The number of hydrogen-bond donors (Lipinski definition) is 5. The van der Waals surface area contributed by atoms with Gasteiger partial charge in [-0.15, -0.1) is 0 Å². The zero-order chi connectivity index (χ0) is 12.1. The lowest BCUT2D eigenvalue weighted by Gasteiger charge is -2.24. The second-order valence-electron chi connectivity index (χ2n) is 3.31. The van der Waals surface area contributed by atoms with E-state index >= 15 is 0 Å². The molecule has 0 amide bonds. The standard InChI is InChI=1S/C9H14N2O5/c12-4-6(13)8(15)9(16)7(14)5-3-10-1-2-11-5/h1-3,6-9,12-16H,4H2. The van der Waals surface area contributed by atoms with Gasteiger partial charge in [0.05, 0.1) is 18.5 Å². The van der Waals surface area contributed by atoms with E-state index in [1.165, 1.54) is 18.6 Å². The third-order valence-electron chi connectivity index (χ3n) is 2.14. The van der Waals surface area contributed by atoms with Crippen molar-refractivity contribution >= 4 is 0 Å². The average Bonchev–Trinajstić information content (AvgIpc) is 2.36. The first-order chi connectivity index (χ1) is 7.57. The normalized spacial score (nSPS) is 18.8. The highest BCUT2D eigenvalue weighted by Crippen LogP contribution is 2.17. The topological polar surface area (TPSA) is 127 Å². The maximum atomic E-state index is 9.60. The molecule has 1 heterocycles. The highest BCUT2D eigenvalue weighted by atomic mass is 16.4. The molecule has 16 heavy (non-hydrogen) atoms. The second kappa shape index (κ2) is 5.83. The van der Waals surface area contributed by atoms with E-state index in [2.05, 4.69) is 9.97 Å². The quantitative estimate of drug-likeness (QED) is 0.381. The molecule has 90 valence electrons. The third-order valence-corrected chi connectivity index (χ3v) is 2.14. The van der Waals surface area contributed by atoms with E-state index in [1.807, 2.05) is 0 Å². The van der Waals surface area contributed by atoms with Crippen molar-refractivity contribution in [1.82, 2.24) is 9.97 Å². The number of aliphatic hydroxyl groups excluding tert-OH is 5. The van der Waals surface area contributed by atoms with Crippen molar-refractivity contribution in [2.45, 2.75) is 24.4 Å². The SMILES string of the molecule is OCC(O)C(O)C(O)C(O)c1cnccn1. The Morgan fingerprint density at radius 3 is 2.25 bits per heavy atom. The number of hydrogen-bond acceptors (Lipinski definition) is 7. The largest absolute Gasteiger partial charge is 0.394 e. The molecule has 0 radical (unpaired) electrons. The highest BCUT2D eigenvalue weighted by Gasteiger charge is 2.31. The Labute approximate surface area is 91.7 Å². The summed E-state index contributed by atoms with van der Waals surface area (Å²) in [6, 6.07) is 0. The van der Waals surface area contributed by atoms with Gasteiger partial charge in [0.1, 0.15) is 24.4 Å². The van der Waals surface area contributed by atoms with Crippen molar-refractivity contribution in [2.24, 2.45) is 0 Å². The van der Waals surface area contributed by atoms with Crippen LogP contribution in [0, 0.1) is 0 Å². The predicted molar refractivity (Wildman–Crippen MR) is 52.1 cm³/mol. The molecule has 1 aromatic heterocycles. The van der Waals surface area contributed by atoms with Crippen molar-refractivity contribution in [3.05, 3.63) is 24.3 Å². The molecule has 7 nitrogen and oxygen atoms in total. The molecule has 4 atom stereocenters. The van der Waals surface area contributed by atoms with Crippen molar-refractivity contribution in [2.75, 3.05) is 6.61 Å². The minimum Gasteiger partial charge on any atom is -0.394 e. The van der Waals surface area contributed by atoms with Crippen molar-refractivity contribution in [3.8, 4) is 0 Å². The van der Waals surface area contributed by atoms with Gasteiger partial charge < -0.3 is 25.5 Å². The van der Waals surface area contributed by atoms with Gasteiger partial charge in [0.15, 0.2) is 0 Å². The summed E-state index contributed by atoms with van der Waals surface area (Å²) in [5, 5.41) is 46.1. The summed E-state index contributed by atoms with van der Waals surface area (Å²) in [4.78, 5) is 7.42. The van der Waals surface area contributed by atoms with Gasteiger partial charge in [0, 0.05) is 12.4 Å². The number of rotatable bonds is 5. The lowest BCUT2D eigenvalue weighted by Crippen LogP contribution is -2.42. The van der Waals surface area contributed by atoms with E-state index in [0.717, 1.165) is 0 Å². The van der Waals surface area contributed by atoms with Crippen LogP contribution < -0.4 is 0 Å². The van der Waals surface area contributed by atoms with Gasteiger partial charge in [-0.05, 0) is 0 Å². The Morgan fingerprint density at radius 2 is 1.75 bits per heavy atom. The average molecular weight is 230 g/mol. The molecule has 0 aliphatic carbocycles. The molecule has 4 unspecified atom stereocenters. The molecule has 0 fully saturated rings. The maximum Gasteiger partial charge on any atom is 0.126 e. The summed E-state index contributed by atoms with van der Waals surface area (Å²) < 4.78 is 0. The summed E-state index contributed by atoms with van der Waals surface area (Å²) in [7, 11) is 0. The lowest BCUT2D eigenvalue weighted by atomic mass is 10.0. The summed E-state index contributed by atoms with van der Waals surface area (Å²) in [5.74, 6) is 0. The van der Waals surface area contributed by atoms with Gasteiger partial charge in [0.25, 0.3) is 0 Å². The Hall–Kier alpha value is -1.12. The van der Waals surface area contributed by atoms with E-state index in [-0.39, 0.29) is 5.69 Å². The van der Waals surface area contributed by atoms with E-state index in [4.69, 9.17) is 10.2 Å². The minimum atomic E-state index is -1.66. The molecule has 7 heteroatoms. The van der Waals surface area contributed by atoms with Crippen LogP contribution in [0.5, 0.6) is 0 Å². The molecule has 0 saturated carbocycles. The maximum absolute atomic E-state index is 9.60. The molecule has 0 aliphatic rings. The van der Waals surface area contributed by atoms with Crippen LogP contribution in [0.25, 0.3) is 0 Å². The molecule has 0 aromatic carbocycles. The van der Waals surface area contributed by atoms with Gasteiger partial charge >= 0.3 is 0 Å². The summed E-state index contributed by atoms with van der Waals surface area (Å²) in [6.07, 6.45) is -2.39. The van der Waals surface area contributed by atoms with Gasteiger partial charge in [-0.2, -0.15) is 0 Å². The summed E-state index contributed by atoms with van der Waals surface area (Å²) in [6.45, 7) is -0.717. The molecule has 5 N–H and O–H groups in total. The van der Waals surface area contributed by atoms with Gasteiger partial charge in [-0.3, -0.25) is 9.97 Å². The van der Waals surface area contributed by atoms with Crippen LogP contribution in [0.15, 0.2) is 18.6 Å². The smallest absolute Gasteiger partial charge is 0.126 e. The van der Waals surface area contributed by atoms with Crippen LogP contribution in [-0.2, 0) is 0 Å². The van der Waals surface area contributed by atoms with Crippen molar-refractivity contribution < 1.29 is 25.5 Å². The van der Waals surface area contributed by atoms with Crippen LogP contribution in [0.4, 0.5) is 0 Å². The number of aromatic nitrogens is 2. The third kappa shape index (κ3) is 2.94. The van der Waals surface area contributed by atoms with Crippen LogP contribution in [0.3, 0.4) is 0 Å². The monoisotopic (exact) mass is 230 g/mol. The summed E-state index contributed by atoms with van der Waals surface area (Å²) in [5.41, 5.74) is 0.0687. The lowest BCUT2D eigenvalue weighted by molar-refractivity contribution is -0.117. The molecular weight excluding hydrogens is 216 g/mol. The Balaban J connectivity index is 2.71. The van der Waals surface area contributed by atoms with Crippen LogP contribution >= 0.6 is 0 Å². The fourth-order valence-electron chi connectivity index (χ4n) is 1.16. The first-order valence-corrected chi connectivity index (χ1v) is 4.67. The fraction of sp³-hybridized carbons (Fsp3) is 0.556. The Kier molecular flexibility index (Phi) is 4.71. The van der Waals surface area contributed by atoms with Gasteiger partial charge in [-0.1, -0.05) is 0 Å². The van der Waals surface area contributed by atoms with Gasteiger partial charge in [0.2, 0.25) is 0 Å². The van der Waals surface area contributed by atoms with Crippen LogP contribution in [0.1, 0.15) is 11.8 Å². The van der Waals surface area contributed by atoms with Crippen molar-refractivity contribution in [3.63, 3.8) is 0 Å². The predicted octanol–water partition coefficient (Wildman–Crippen LogP) is -2.42. The molecule has 0 bridgehead atoms. The van der Waals surface area contributed by atoms with Gasteiger partial charge in [-0.25, -0.2) is 0 Å². The first kappa shape index (κ1) is 12.9.